The summed E-state index contributed by atoms with van der Waals surface area (Å²) in [6, 6.07) is 0. The fraction of sp³-hybridized carbons (Fsp3) is 1.00. The Morgan fingerprint density at radius 2 is 2.00 bits per heavy atom. The van der Waals surface area contributed by atoms with E-state index in [9.17, 15) is 5.11 Å². The molecule has 0 aliphatic rings. The Bertz CT molecular complexity index is 75.8. The summed E-state index contributed by atoms with van der Waals surface area (Å²) in [5.41, 5.74) is 0. The lowest BCUT2D eigenvalue weighted by molar-refractivity contribution is 0.0774. The minimum absolute atomic E-state index is 0.230. The largest absolute Gasteiger partial charge is 0.393 e. The van der Waals surface area contributed by atoms with Crippen LogP contribution >= 0.6 is 0 Å². The molecule has 0 fully saturated rings. The summed E-state index contributed by atoms with van der Waals surface area (Å²) in [4.78, 5) is 0. The SMILES string of the molecule is CCOCCC(O)CCCOC. The minimum atomic E-state index is -0.230. The van der Waals surface area contributed by atoms with Gasteiger partial charge in [0.1, 0.15) is 0 Å². The van der Waals surface area contributed by atoms with Crippen molar-refractivity contribution < 1.29 is 14.6 Å². The molecular formula is C9H20O3. The molecule has 3 nitrogen and oxygen atoms in total. The first-order valence-corrected chi connectivity index (χ1v) is 4.56. The quantitative estimate of drug-likeness (QED) is 0.565. The fourth-order valence-electron chi connectivity index (χ4n) is 0.971. The zero-order valence-electron chi connectivity index (χ0n) is 8.08. The molecule has 0 bridgehead atoms. The first-order chi connectivity index (χ1) is 5.81. The molecule has 0 heterocycles. The second-order valence-corrected chi connectivity index (χ2v) is 2.77. The second kappa shape index (κ2) is 8.97. The summed E-state index contributed by atoms with van der Waals surface area (Å²) in [5, 5.41) is 9.37. The maximum Gasteiger partial charge on any atom is 0.0563 e. The molecule has 0 spiro atoms. The molecule has 1 atom stereocenters. The third-order valence-corrected chi connectivity index (χ3v) is 1.69. The Labute approximate surface area is 74.7 Å². The van der Waals surface area contributed by atoms with Crippen LogP contribution in [0.4, 0.5) is 0 Å². The Morgan fingerprint density at radius 3 is 2.58 bits per heavy atom. The predicted octanol–water partition coefficient (Wildman–Crippen LogP) is 1.20. The average Bonchev–Trinajstić information content (AvgIpc) is 2.06. The number of rotatable bonds is 8. The molecule has 0 aromatic heterocycles. The smallest absolute Gasteiger partial charge is 0.0563 e. The van der Waals surface area contributed by atoms with Crippen LogP contribution in [-0.4, -0.2) is 38.1 Å². The van der Waals surface area contributed by atoms with Gasteiger partial charge in [-0.2, -0.15) is 0 Å². The van der Waals surface area contributed by atoms with E-state index in [1.54, 1.807) is 7.11 Å². The van der Waals surface area contributed by atoms with Gasteiger partial charge in [-0.3, -0.25) is 0 Å². The van der Waals surface area contributed by atoms with Crippen molar-refractivity contribution in [3.63, 3.8) is 0 Å². The van der Waals surface area contributed by atoms with Crippen molar-refractivity contribution in [2.45, 2.75) is 32.3 Å². The van der Waals surface area contributed by atoms with Crippen LogP contribution in [0.15, 0.2) is 0 Å². The maximum absolute atomic E-state index is 9.37. The van der Waals surface area contributed by atoms with Crippen LogP contribution in [-0.2, 0) is 9.47 Å². The number of ether oxygens (including phenoxy) is 2. The highest BCUT2D eigenvalue weighted by Gasteiger charge is 2.02. The van der Waals surface area contributed by atoms with E-state index < -0.39 is 0 Å². The third kappa shape index (κ3) is 7.98. The summed E-state index contributed by atoms with van der Waals surface area (Å²) in [6.07, 6.45) is 2.23. The van der Waals surface area contributed by atoms with E-state index in [-0.39, 0.29) is 6.10 Å². The molecule has 0 aromatic carbocycles. The highest BCUT2D eigenvalue weighted by molar-refractivity contribution is 4.54. The van der Waals surface area contributed by atoms with Crippen LogP contribution in [0.25, 0.3) is 0 Å². The predicted molar refractivity (Wildman–Crippen MR) is 48.2 cm³/mol. The summed E-state index contributed by atoms with van der Waals surface area (Å²) in [7, 11) is 1.67. The van der Waals surface area contributed by atoms with Gasteiger partial charge in [0, 0.05) is 26.9 Å². The lowest BCUT2D eigenvalue weighted by Crippen LogP contribution is -2.11. The molecule has 0 aliphatic carbocycles. The van der Waals surface area contributed by atoms with E-state index in [0.717, 1.165) is 32.5 Å². The van der Waals surface area contributed by atoms with E-state index in [1.807, 2.05) is 6.92 Å². The zero-order chi connectivity index (χ0) is 9.23. The van der Waals surface area contributed by atoms with Gasteiger partial charge in [0.05, 0.1) is 6.10 Å². The summed E-state index contributed by atoms with van der Waals surface area (Å²) < 4.78 is 9.99. The standard InChI is InChI=1S/C9H20O3/c1-3-12-8-6-9(10)5-4-7-11-2/h9-10H,3-8H2,1-2H3. The Morgan fingerprint density at radius 1 is 1.25 bits per heavy atom. The van der Waals surface area contributed by atoms with Gasteiger partial charge < -0.3 is 14.6 Å². The molecule has 0 radical (unpaired) electrons. The number of hydrogen-bond acceptors (Lipinski definition) is 3. The summed E-state index contributed by atoms with van der Waals surface area (Å²) in [6.45, 7) is 4.07. The van der Waals surface area contributed by atoms with Crippen molar-refractivity contribution in [2.24, 2.45) is 0 Å². The van der Waals surface area contributed by atoms with Gasteiger partial charge in [-0.25, -0.2) is 0 Å². The topological polar surface area (TPSA) is 38.7 Å². The van der Waals surface area contributed by atoms with Crippen molar-refractivity contribution >= 4 is 0 Å². The van der Waals surface area contributed by atoms with E-state index in [0.29, 0.717) is 6.61 Å². The second-order valence-electron chi connectivity index (χ2n) is 2.77. The molecule has 0 aromatic rings. The normalized spacial score (nSPS) is 13.2. The lowest BCUT2D eigenvalue weighted by Gasteiger charge is -2.09. The molecule has 74 valence electrons. The monoisotopic (exact) mass is 176 g/mol. The van der Waals surface area contributed by atoms with Crippen molar-refractivity contribution in [3.05, 3.63) is 0 Å². The maximum atomic E-state index is 9.37. The molecule has 12 heavy (non-hydrogen) atoms. The van der Waals surface area contributed by atoms with E-state index in [4.69, 9.17) is 9.47 Å². The van der Waals surface area contributed by atoms with Crippen molar-refractivity contribution in [3.8, 4) is 0 Å². The van der Waals surface area contributed by atoms with Gasteiger partial charge in [-0.1, -0.05) is 0 Å². The number of aliphatic hydroxyl groups is 1. The van der Waals surface area contributed by atoms with Crippen LogP contribution in [0.1, 0.15) is 26.2 Å². The molecule has 3 heteroatoms. The van der Waals surface area contributed by atoms with E-state index >= 15 is 0 Å². The van der Waals surface area contributed by atoms with Crippen molar-refractivity contribution in [1.29, 1.82) is 0 Å². The molecule has 0 aliphatic heterocycles. The van der Waals surface area contributed by atoms with Crippen LogP contribution in [0.3, 0.4) is 0 Å². The van der Waals surface area contributed by atoms with Gasteiger partial charge in [0.2, 0.25) is 0 Å². The molecular weight excluding hydrogens is 156 g/mol. The third-order valence-electron chi connectivity index (χ3n) is 1.69. The number of hydrogen-bond donors (Lipinski definition) is 1. The fourth-order valence-corrected chi connectivity index (χ4v) is 0.971. The molecule has 1 unspecified atom stereocenters. The van der Waals surface area contributed by atoms with Crippen LogP contribution in [0.5, 0.6) is 0 Å². The van der Waals surface area contributed by atoms with Gasteiger partial charge >= 0.3 is 0 Å². The summed E-state index contributed by atoms with van der Waals surface area (Å²) in [5.74, 6) is 0. The molecule has 0 amide bonds. The first-order valence-electron chi connectivity index (χ1n) is 4.56. The van der Waals surface area contributed by atoms with Gasteiger partial charge in [0.25, 0.3) is 0 Å². The number of aliphatic hydroxyl groups excluding tert-OH is 1. The van der Waals surface area contributed by atoms with E-state index in [1.165, 1.54) is 0 Å². The van der Waals surface area contributed by atoms with Crippen LogP contribution < -0.4 is 0 Å². The van der Waals surface area contributed by atoms with Gasteiger partial charge in [-0.05, 0) is 26.2 Å². The minimum Gasteiger partial charge on any atom is -0.393 e. The van der Waals surface area contributed by atoms with Gasteiger partial charge in [0.15, 0.2) is 0 Å². The highest BCUT2D eigenvalue weighted by Crippen LogP contribution is 2.01. The Balaban J connectivity index is 3.04. The molecule has 0 rings (SSSR count). The molecule has 0 saturated heterocycles. The Hall–Kier alpha value is -0.120. The van der Waals surface area contributed by atoms with Crippen LogP contribution in [0.2, 0.25) is 0 Å². The molecule has 0 saturated carbocycles. The van der Waals surface area contributed by atoms with E-state index in [2.05, 4.69) is 0 Å². The first kappa shape index (κ1) is 11.9. The average molecular weight is 176 g/mol. The van der Waals surface area contributed by atoms with Crippen molar-refractivity contribution in [1.82, 2.24) is 0 Å². The van der Waals surface area contributed by atoms with Gasteiger partial charge in [-0.15, -0.1) is 0 Å². The highest BCUT2D eigenvalue weighted by atomic mass is 16.5. The lowest BCUT2D eigenvalue weighted by atomic mass is 10.1. The Kier molecular flexibility index (Phi) is 8.88. The zero-order valence-corrected chi connectivity index (χ0v) is 8.08. The molecule has 1 N–H and O–H groups in total. The van der Waals surface area contributed by atoms with Crippen molar-refractivity contribution in [2.75, 3.05) is 26.9 Å². The van der Waals surface area contributed by atoms with Crippen LogP contribution in [0, 0.1) is 0 Å². The summed E-state index contributed by atoms with van der Waals surface area (Å²) >= 11 is 0. The number of methoxy groups -OCH3 is 1.